The first-order valence-electron chi connectivity index (χ1n) is 9.57. The number of nitrogens with one attached hydrogen (secondary N) is 1. The van der Waals surface area contributed by atoms with Crippen molar-refractivity contribution in [3.8, 4) is 28.7 Å². The fourth-order valence-electron chi connectivity index (χ4n) is 3.58. The minimum Gasteiger partial charge on any atom is -0.486 e. The highest BCUT2D eigenvalue weighted by molar-refractivity contribution is 6.02. The molecule has 0 radical (unpaired) electrons. The fourth-order valence-corrected chi connectivity index (χ4v) is 3.58. The number of hydrogen-bond acceptors (Lipinski definition) is 6. The quantitative estimate of drug-likeness (QED) is 0.799. The Hall–Kier alpha value is -3.74. The average molecular weight is 428 g/mol. The van der Waals surface area contributed by atoms with Gasteiger partial charge < -0.3 is 19.7 Å². The van der Waals surface area contributed by atoms with E-state index in [9.17, 15) is 18.4 Å². The van der Waals surface area contributed by atoms with Gasteiger partial charge in [0, 0.05) is 24.4 Å². The molecule has 4 rings (SSSR count). The number of benzene rings is 1. The van der Waals surface area contributed by atoms with E-state index in [2.05, 4.69) is 10.3 Å². The van der Waals surface area contributed by atoms with E-state index < -0.39 is 43.3 Å². The molecule has 2 aromatic rings. The maximum Gasteiger partial charge on any atom is 0.268 e. The van der Waals surface area contributed by atoms with Crippen LogP contribution in [-0.4, -0.2) is 60.0 Å². The molecule has 0 aliphatic carbocycles. The third kappa shape index (κ3) is 4.26. The standard InChI is InChI=1S/C21H18F2N4O4/c22-21(23)8-14(9-24)27(12-21)19(28)11-26-20(29)15-3-4-25-10-16(15)13-1-2-17-18(7-13)31-6-5-30-17/h1-4,7,10,14H,5-6,8,11-12H2,(H,26,29)/t14-/m0/s1. The first kappa shape index (κ1) is 20.5. The third-order valence-electron chi connectivity index (χ3n) is 5.06. The number of amides is 2. The number of pyridine rings is 1. The third-order valence-corrected chi connectivity index (χ3v) is 5.06. The van der Waals surface area contributed by atoms with Crippen LogP contribution in [-0.2, 0) is 4.79 Å². The second kappa shape index (κ2) is 8.18. The van der Waals surface area contributed by atoms with Gasteiger partial charge in [-0.2, -0.15) is 5.26 Å². The molecule has 8 nitrogen and oxygen atoms in total. The summed E-state index contributed by atoms with van der Waals surface area (Å²) in [5, 5.41) is 11.5. The molecule has 0 unspecified atom stereocenters. The van der Waals surface area contributed by atoms with Crippen molar-refractivity contribution in [2.45, 2.75) is 18.4 Å². The van der Waals surface area contributed by atoms with Crippen LogP contribution >= 0.6 is 0 Å². The number of halogens is 2. The van der Waals surface area contributed by atoms with Gasteiger partial charge in [0.05, 0.1) is 24.7 Å². The lowest BCUT2D eigenvalue weighted by atomic mass is 10.0. The molecule has 1 fully saturated rings. The Labute approximate surface area is 176 Å². The van der Waals surface area contributed by atoms with Gasteiger partial charge in [-0.3, -0.25) is 14.6 Å². The molecular weight excluding hydrogens is 410 g/mol. The number of alkyl halides is 2. The molecule has 1 aromatic heterocycles. The van der Waals surface area contributed by atoms with E-state index in [0.29, 0.717) is 35.8 Å². The summed E-state index contributed by atoms with van der Waals surface area (Å²) >= 11 is 0. The molecule has 10 heteroatoms. The molecule has 160 valence electrons. The number of carbonyl (C=O) groups is 2. The van der Waals surface area contributed by atoms with Crippen LogP contribution in [0.1, 0.15) is 16.8 Å². The van der Waals surface area contributed by atoms with Crippen LogP contribution in [0.5, 0.6) is 11.5 Å². The average Bonchev–Trinajstić information content (AvgIpc) is 3.11. The number of nitriles is 1. The Bertz CT molecular complexity index is 1070. The van der Waals surface area contributed by atoms with E-state index in [-0.39, 0.29) is 5.56 Å². The summed E-state index contributed by atoms with van der Waals surface area (Å²) in [7, 11) is 0. The number of nitrogens with zero attached hydrogens (tertiary/aromatic N) is 3. The van der Waals surface area contributed by atoms with E-state index in [1.54, 1.807) is 24.3 Å². The predicted molar refractivity (Wildman–Crippen MR) is 104 cm³/mol. The van der Waals surface area contributed by atoms with Gasteiger partial charge in [0.15, 0.2) is 11.5 Å². The van der Waals surface area contributed by atoms with Gasteiger partial charge in [-0.1, -0.05) is 6.07 Å². The van der Waals surface area contributed by atoms with Crippen molar-refractivity contribution in [3.63, 3.8) is 0 Å². The van der Waals surface area contributed by atoms with Crippen molar-refractivity contribution in [2.75, 3.05) is 26.3 Å². The maximum atomic E-state index is 13.6. The van der Waals surface area contributed by atoms with Gasteiger partial charge in [0.2, 0.25) is 5.91 Å². The maximum absolute atomic E-state index is 13.6. The lowest BCUT2D eigenvalue weighted by molar-refractivity contribution is -0.131. The number of hydrogen-bond donors (Lipinski definition) is 1. The van der Waals surface area contributed by atoms with E-state index in [4.69, 9.17) is 14.7 Å². The Morgan fingerprint density at radius 2 is 2.03 bits per heavy atom. The number of ether oxygens (including phenoxy) is 2. The van der Waals surface area contributed by atoms with Crippen molar-refractivity contribution in [1.29, 1.82) is 5.26 Å². The van der Waals surface area contributed by atoms with Crippen LogP contribution in [0.2, 0.25) is 0 Å². The SMILES string of the molecule is N#C[C@@H]1CC(F)(F)CN1C(=O)CNC(=O)c1ccncc1-c1ccc2c(c1)OCCO2. The normalized spacial score (nSPS) is 18.9. The summed E-state index contributed by atoms with van der Waals surface area (Å²) in [6, 6.07) is 7.21. The van der Waals surface area contributed by atoms with Crippen LogP contribution in [0.4, 0.5) is 8.78 Å². The van der Waals surface area contributed by atoms with Gasteiger partial charge in [-0.25, -0.2) is 8.78 Å². The fraction of sp³-hybridized carbons (Fsp3) is 0.333. The second-order valence-corrected chi connectivity index (χ2v) is 7.19. The van der Waals surface area contributed by atoms with Crippen LogP contribution in [0, 0.1) is 11.3 Å². The van der Waals surface area contributed by atoms with E-state index >= 15 is 0 Å². The summed E-state index contributed by atoms with van der Waals surface area (Å²) in [6.07, 6.45) is 2.24. The molecule has 0 saturated carbocycles. The van der Waals surface area contributed by atoms with Crippen molar-refractivity contribution in [3.05, 3.63) is 42.2 Å². The largest absolute Gasteiger partial charge is 0.486 e. The van der Waals surface area contributed by atoms with Crippen LogP contribution < -0.4 is 14.8 Å². The number of likely N-dealkylation sites (tertiary alicyclic amines) is 1. The second-order valence-electron chi connectivity index (χ2n) is 7.19. The molecule has 0 spiro atoms. The van der Waals surface area contributed by atoms with Crippen LogP contribution in [0.3, 0.4) is 0 Å². The molecular formula is C21H18F2N4O4. The van der Waals surface area contributed by atoms with E-state index in [1.807, 2.05) is 0 Å². The number of carbonyl (C=O) groups excluding carboxylic acids is 2. The molecule has 1 saturated heterocycles. The number of aromatic nitrogens is 1. The molecule has 31 heavy (non-hydrogen) atoms. The molecule has 0 bridgehead atoms. The highest BCUT2D eigenvalue weighted by Crippen LogP contribution is 2.35. The van der Waals surface area contributed by atoms with Crippen LogP contribution in [0.25, 0.3) is 11.1 Å². The molecule has 1 atom stereocenters. The smallest absolute Gasteiger partial charge is 0.268 e. The first-order valence-corrected chi connectivity index (χ1v) is 9.57. The Morgan fingerprint density at radius 3 is 2.81 bits per heavy atom. The van der Waals surface area contributed by atoms with Gasteiger partial charge in [0.1, 0.15) is 19.3 Å². The highest BCUT2D eigenvalue weighted by atomic mass is 19.3. The zero-order valence-electron chi connectivity index (χ0n) is 16.3. The number of rotatable bonds is 4. The first-order chi connectivity index (χ1) is 14.9. The van der Waals surface area contributed by atoms with Crippen molar-refractivity contribution < 1.29 is 27.8 Å². The van der Waals surface area contributed by atoms with E-state index in [1.165, 1.54) is 18.5 Å². The minimum absolute atomic E-state index is 0.253. The highest BCUT2D eigenvalue weighted by Gasteiger charge is 2.47. The van der Waals surface area contributed by atoms with Gasteiger partial charge in [0.25, 0.3) is 11.8 Å². The van der Waals surface area contributed by atoms with Crippen molar-refractivity contribution in [1.82, 2.24) is 15.2 Å². The van der Waals surface area contributed by atoms with Crippen molar-refractivity contribution >= 4 is 11.8 Å². The summed E-state index contributed by atoms with van der Waals surface area (Å²) in [5.74, 6) is -3.28. The molecule has 3 heterocycles. The molecule has 2 aliphatic heterocycles. The van der Waals surface area contributed by atoms with E-state index in [0.717, 1.165) is 4.90 Å². The lowest BCUT2D eigenvalue weighted by Crippen LogP contribution is -2.43. The molecule has 1 aromatic carbocycles. The molecule has 1 N–H and O–H groups in total. The Balaban J connectivity index is 1.49. The summed E-state index contributed by atoms with van der Waals surface area (Å²) < 4.78 is 38.2. The summed E-state index contributed by atoms with van der Waals surface area (Å²) in [6.45, 7) is -0.470. The predicted octanol–water partition coefficient (Wildman–Crippen LogP) is 2.01. The zero-order chi connectivity index (χ0) is 22.0. The zero-order valence-corrected chi connectivity index (χ0v) is 16.3. The van der Waals surface area contributed by atoms with Crippen molar-refractivity contribution in [2.24, 2.45) is 0 Å². The Morgan fingerprint density at radius 1 is 1.26 bits per heavy atom. The topological polar surface area (TPSA) is 105 Å². The van der Waals surface area contributed by atoms with Crippen LogP contribution in [0.15, 0.2) is 36.7 Å². The summed E-state index contributed by atoms with van der Waals surface area (Å²) in [5.41, 5.74) is 1.42. The summed E-state index contributed by atoms with van der Waals surface area (Å²) in [4.78, 5) is 29.9. The molecule has 2 amide bonds. The lowest BCUT2D eigenvalue weighted by Gasteiger charge is -2.20. The van der Waals surface area contributed by atoms with Gasteiger partial charge >= 0.3 is 0 Å². The Kier molecular flexibility index (Phi) is 5.42. The monoisotopic (exact) mass is 428 g/mol. The van der Waals surface area contributed by atoms with Gasteiger partial charge in [-0.05, 0) is 23.8 Å². The van der Waals surface area contributed by atoms with Gasteiger partial charge in [-0.15, -0.1) is 0 Å². The number of fused-ring (bicyclic) bond motifs is 1. The molecule has 2 aliphatic rings. The minimum atomic E-state index is -3.11.